The highest BCUT2D eigenvalue weighted by molar-refractivity contribution is 7.71. The molecular weight excluding hydrogens is 172 g/mol. The highest BCUT2D eigenvalue weighted by Gasteiger charge is 2.02. The number of aromatic amines is 1. The Bertz CT molecular complexity index is 482. The Morgan fingerprint density at radius 3 is 3.00 bits per heavy atom. The van der Waals surface area contributed by atoms with Crippen LogP contribution in [0.2, 0.25) is 0 Å². The summed E-state index contributed by atoms with van der Waals surface area (Å²) in [6.45, 7) is 1.90. The molecule has 0 amide bonds. The molecule has 0 atom stereocenters. The molecule has 5 heteroatoms. The summed E-state index contributed by atoms with van der Waals surface area (Å²) in [4.78, 5) is 11.4. The highest BCUT2D eigenvalue weighted by atomic mass is 32.1. The largest absolute Gasteiger partial charge is 0.338 e. The SMILES string of the molecule is Cc1nc2c([nH]1)c(=S)ncn2C. The van der Waals surface area contributed by atoms with Crippen LogP contribution in [-0.2, 0) is 7.05 Å². The van der Waals surface area contributed by atoms with Crippen molar-refractivity contribution in [2.45, 2.75) is 6.92 Å². The fourth-order valence-electron chi connectivity index (χ4n) is 1.14. The maximum absolute atomic E-state index is 5.03. The fraction of sp³-hybridized carbons (Fsp3) is 0.286. The van der Waals surface area contributed by atoms with Gasteiger partial charge in [0.2, 0.25) is 0 Å². The van der Waals surface area contributed by atoms with E-state index in [9.17, 15) is 0 Å². The predicted molar refractivity (Wildman–Crippen MR) is 48.4 cm³/mol. The fourth-order valence-corrected chi connectivity index (χ4v) is 1.33. The molecule has 2 aromatic rings. The molecule has 0 fully saturated rings. The standard InChI is InChI=1S/C7H8N4S/c1-4-9-5-6(10-4)11(2)3-8-7(5)12/h3H,1-2H3,(H,9,10). The smallest absolute Gasteiger partial charge is 0.162 e. The van der Waals surface area contributed by atoms with Crippen molar-refractivity contribution in [2.75, 3.05) is 0 Å². The van der Waals surface area contributed by atoms with Crippen LogP contribution in [0.25, 0.3) is 11.2 Å². The summed E-state index contributed by atoms with van der Waals surface area (Å²) in [5.41, 5.74) is 1.69. The zero-order valence-electron chi connectivity index (χ0n) is 6.83. The number of hydrogen-bond acceptors (Lipinski definition) is 3. The lowest BCUT2D eigenvalue weighted by Gasteiger charge is -1.95. The molecule has 0 aliphatic rings. The number of fused-ring (bicyclic) bond motifs is 1. The third kappa shape index (κ3) is 0.937. The van der Waals surface area contributed by atoms with Crippen molar-refractivity contribution in [1.82, 2.24) is 19.5 Å². The lowest BCUT2D eigenvalue weighted by atomic mass is 10.5. The molecule has 1 N–H and O–H groups in total. The van der Waals surface area contributed by atoms with Crippen molar-refractivity contribution in [3.05, 3.63) is 16.8 Å². The number of nitrogens with zero attached hydrogens (tertiary/aromatic N) is 3. The van der Waals surface area contributed by atoms with Gasteiger partial charge in [0.05, 0.1) is 6.33 Å². The molecule has 12 heavy (non-hydrogen) atoms. The van der Waals surface area contributed by atoms with Gasteiger partial charge >= 0.3 is 0 Å². The van der Waals surface area contributed by atoms with Crippen LogP contribution in [-0.4, -0.2) is 19.5 Å². The first kappa shape index (κ1) is 7.42. The first-order valence-electron chi connectivity index (χ1n) is 3.56. The number of hydrogen-bond donors (Lipinski definition) is 1. The van der Waals surface area contributed by atoms with E-state index in [0.29, 0.717) is 4.64 Å². The first-order valence-corrected chi connectivity index (χ1v) is 3.97. The van der Waals surface area contributed by atoms with Gasteiger partial charge in [0, 0.05) is 7.05 Å². The van der Waals surface area contributed by atoms with Crippen LogP contribution in [0.3, 0.4) is 0 Å². The van der Waals surface area contributed by atoms with Crippen LogP contribution in [0.1, 0.15) is 5.82 Å². The second kappa shape index (κ2) is 2.38. The molecule has 0 unspecified atom stereocenters. The summed E-state index contributed by atoms with van der Waals surface area (Å²) in [7, 11) is 1.89. The Morgan fingerprint density at radius 2 is 2.33 bits per heavy atom. The molecule has 0 aliphatic heterocycles. The van der Waals surface area contributed by atoms with Gasteiger partial charge in [-0.05, 0) is 6.92 Å². The average Bonchev–Trinajstić information content (AvgIpc) is 2.41. The summed E-state index contributed by atoms with van der Waals surface area (Å²) in [5, 5.41) is 0. The summed E-state index contributed by atoms with van der Waals surface area (Å²) < 4.78 is 2.41. The minimum atomic E-state index is 0.573. The van der Waals surface area contributed by atoms with Crippen molar-refractivity contribution in [3.8, 4) is 0 Å². The molecule has 2 aromatic heterocycles. The lowest BCUT2D eigenvalue weighted by Crippen LogP contribution is -1.94. The second-order valence-electron chi connectivity index (χ2n) is 2.68. The van der Waals surface area contributed by atoms with Gasteiger partial charge in [-0.15, -0.1) is 0 Å². The van der Waals surface area contributed by atoms with Crippen LogP contribution in [0.15, 0.2) is 6.33 Å². The van der Waals surface area contributed by atoms with E-state index in [1.54, 1.807) is 6.33 Å². The predicted octanol–water partition coefficient (Wildman–Crippen LogP) is 1.33. The zero-order valence-corrected chi connectivity index (χ0v) is 7.64. The summed E-state index contributed by atoms with van der Waals surface area (Å²) >= 11 is 5.03. The number of H-pyrrole nitrogens is 1. The van der Waals surface area contributed by atoms with E-state index in [4.69, 9.17) is 12.2 Å². The summed E-state index contributed by atoms with van der Waals surface area (Å²) in [6, 6.07) is 0. The molecule has 0 spiro atoms. The minimum Gasteiger partial charge on any atom is -0.338 e. The van der Waals surface area contributed by atoms with E-state index in [-0.39, 0.29) is 0 Å². The van der Waals surface area contributed by atoms with Crippen LogP contribution in [0.5, 0.6) is 0 Å². The van der Waals surface area contributed by atoms with Crippen molar-refractivity contribution in [2.24, 2.45) is 7.05 Å². The molecule has 0 radical (unpaired) electrons. The molecule has 2 heterocycles. The number of imidazole rings is 1. The van der Waals surface area contributed by atoms with Gasteiger partial charge in [-0.3, -0.25) is 0 Å². The molecular formula is C7H8N4S. The molecule has 0 bridgehead atoms. The molecule has 2 rings (SSSR count). The molecule has 4 nitrogen and oxygen atoms in total. The Balaban J connectivity index is 3.03. The molecule has 0 aliphatic carbocycles. The number of aryl methyl sites for hydroxylation is 2. The second-order valence-corrected chi connectivity index (χ2v) is 3.07. The van der Waals surface area contributed by atoms with Crippen LogP contribution in [0, 0.1) is 11.6 Å². The van der Waals surface area contributed by atoms with E-state index in [1.165, 1.54) is 0 Å². The van der Waals surface area contributed by atoms with Crippen molar-refractivity contribution in [1.29, 1.82) is 0 Å². The first-order chi connectivity index (χ1) is 5.68. The van der Waals surface area contributed by atoms with Gasteiger partial charge < -0.3 is 9.55 Å². The molecule has 0 saturated heterocycles. The maximum atomic E-state index is 5.03. The number of nitrogens with one attached hydrogen (secondary N) is 1. The highest BCUT2D eigenvalue weighted by Crippen LogP contribution is 2.09. The van der Waals surface area contributed by atoms with Gasteiger partial charge in [-0.2, -0.15) is 0 Å². The molecule has 62 valence electrons. The van der Waals surface area contributed by atoms with Gasteiger partial charge in [-0.25, -0.2) is 9.97 Å². The van der Waals surface area contributed by atoms with E-state index < -0.39 is 0 Å². The maximum Gasteiger partial charge on any atom is 0.162 e. The van der Waals surface area contributed by atoms with Gasteiger partial charge in [0.1, 0.15) is 11.3 Å². The van der Waals surface area contributed by atoms with E-state index in [0.717, 1.165) is 17.0 Å². The summed E-state index contributed by atoms with van der Waals surface area (Å²) in [5.74, 6) is 0.861. The summed E-state index contributed by atoms with van der Waals surface area (Å²) in [6.07, 6.45) is 1.67. The van der Waals surface area contributed by atoms with E-state index in [2.05, 4.69) is 15.0 Å². The topological polar surface area (TPSA) is 46.5 Å². The Morgan fingerprint density at radius 1 is 1.58 bits per heavy atom. The van der Waals surface area contributed by atoms with Crippen molar-refractivity contribution < 1.29 is 0 Å². The van der Waals surface area contributed by atoms with Crippen molar-refractivity contribution in [3.63, 3.8) is 0 Å². The monoisotopic (exact) mass is 180 g/mol. The molecule has 0 aromatic carbocycles. The van der Waals surface area contributed by atoms with E-state index in [1.807, 2.05) is 18.5 Å². The Kier molecular flexibility index (Phi) is 1.47. The normalized spacial score (nSPS) is 10.8. The van der Waals surface area contributed by atoms with E-state index >= 15 is 0 Å². The van der Waals surface area contributed by atoms with Crippen LogP contribution >= 0.6 is 12.2 Å². The Labute approximate surface area is 74.3 Å². The number of aromatic nitrogens is 4. The zero-order chi connectivity index (χ0) is 8.72. The third-order valence-corrected chi connectivity index (χ3v) is 2.01. The van der Waals surface area contributed by atoms with Gasteiger partial charge in [-0.1, -0.05) is 12.2 Å². The molecule has 0 saturated carbocycles. The van der Waals surface area contributed by atoms with Gasteiger partial charge in [0.25, 0.3) is 0 Å². The van der Waals surface area contributed by atoms with Gasteiger partial charge in [0.15, 0.2) is 10.3 Å². The average molecular weight is 180 g/mol. The lowest BCUT2D eigenvalue weighted by molar-refractivity contribution is 0.892. The minimum absolute atomic E-state index is 0.573. The number of rotatable bonds is 0. The van der Waals surface area contributed by atoms with Crippen LogP contribution < -0.4 is 0 Å². The quantitative estimate of drug-likeness (QED) is 0.622. The van der Waals surface area contributed by atoms with Crippen molar-refractivity contribution >= 4 is 23.4 Å². The Hall–Kier alpha value is -1.23. The van der Waals surface area contributed by atoms with Crippen LogP contribution in [0.4, 0.5) is 0 Å². The third-order valence-electron chi connectivity index (χ3n) is 1.70.